The van der Waals surface area contributed by atoms with Gasteiger partial charge >= 0.3 is 0 Å². The van der Waals surface area contributed by atoms with E-state index in [1.807, 2.05) is 32.9 Å². The standard InChI is InChI=1S/C22H19F2N5OS/c1-20(2)21(3)8-9-22(20,17-16(21)28-14(10-25)15(11-26)29-17)18(30)27-12-4-6-13(7-5-12)31-19(23)24/h4-7,19H,8-9H2,1-3H3,(H,27,30). The normalized spacial score (nSPS) is 25.0. The lowest BCUT2D eigenvalue weighted by Gasteiger charge is -2.39. The summed E-state index contributed by atoms with van der Waals surface area (Å²) in [5, 5.41) is 21.7. The Bertz CT molecular complexity index is 1170. The van der Waals surface area contributed by atoms with Gasteiger partial charge in [0.1, 0.15) is 12.1 Å². The molecule has 2 bridgehead atoms. The fourth-order valence-corrected chi connectivity index (χ4v) is 5.60. The minimum Gasteiger partial charge on any atom is -0.325 e. The predicted octanol–water partition coefficient (Wildman–Crippen LogP) is 4.50. The molecule has 1 amide bonds. The van der Waals surface area contributed by atoms with Gasteiger partial charge in [-0.15, -0.1) is 0 Å². The van der Waals surface area contributed by atoms with E-state index >= 15 is 0 Å². The largest absolute Gasteiger partial charge is 0.325 e. The van der Waals surface area contributed by atoms with E-state index in [2.05, 4.69) is 15.3 Å². The number of hydrogen-bond acceptors (Lipinski definition) is 6. The van der Waals surface area contributed by atoms with Gasteiger partial charge in [-0.1, -0.05) is 32.5 Å². The first-order valence-corrected chi connectivity index (χ1v) is 10.6. The number of anilines is 1. The van der Waals surface area contributed by atoms with E-state index in [9.17, 15) is 24.1 Å². The summed E-state index contributed by atoms with van der Waals surface area (Å²) in [7, 11) is 0. The van der Waals surface area contributed by atoms with Crippen LogP contribution in [0, 0.1) is 28.1 Å². The summed E-state index contributed by atoms with van der Waals surface area (Å²) in [5.74, 6) is -2.80. The third kappa shape index (κ3) is 2.76. The molecule has 1 N–H and O–H groups in total. The van der Waals surface area contributed by atoms with Crippen molar-refractivity contribution in [3.05, 3.63) is 47.0 Å². The Morgan fingerprint density at radius 1 is 1.06 bits per heavy atom. The molecule has 2 aliphatic carbocycles. The molecular weight excluding hydrogens is 420 g/mol. The summed E-state index contributed by atoms with van der Waals surface area (Å²) < 4.78 is 25.1. The minimum atomic E-state index is -2.52. The first-order chi connectivity index (χ1) is 14.6. The maximum Gasteiger partial charge on any atom is 0.288 e. The smallest absolute Gasteiger partial charge is 0.288 e. The Morgan fingerprint density at radius 3 is 2.19 bits per heavy atom. The summed E-state index contributed by atoms with van der Waals surface area (Å²) >= 11 is 0.438. The third-order valence-corrected chi connectivity index (χ3v) is 7.93. The third-order valence-electron chi connectivity index (χ3n) is 7.21. The van der Waals surface area contributed by atoms with Crippen LogP contribution in [0.2, 0.25) is 0 Å². The number of alkyl halides is 2. The topological polar surface area (TPSA) is 102 Å². The molecule has 6 nitrogen and oxygen atoms in total. The zero-order valence-electron chi connectivity index (χ0n) is 17.2. The van der Waals surface area contributed by atoms with Crippen LogP contribution in [-0.4, -0.2) is 21.6 Å². The number of rotatable bonds is 4. The van der Waals surface area contributed by atoms with E-state index < -0.39 is 22.0 Å². The molecular formula is C22H19F2N5OS. The molecule has 1 aromatic heterocycles. The van der Waals surface area contributed by atoms with E-state index in [4.69, 9.17) is 0 Å². The number of carbonyl (C=O) groups is 1. The highest BCUT2D eigenvalue weighted by atomic mass is 32.2. The van der Waals surface area contributed by atoms with Crippen LogP contribution in [0.3, 0.4) is 0 Å². The molecule has 0 spiro atoms. The zero-order valence-corrected chi connectivity index (χ0v) is 18.0. The number of carbonyl (C=O) groups excluding carboxylic acids is 1. The minimum absolute atomic E-state index is 0.0338. The molecule has 9 heteroatoms. The number of aromatic nitrogens is 2. The van der Waals surface area contributed by atoms with E-state index in [0.29, 0.717) is 46.6 Å². The van der Waals surface area contributed by atoms with E-state index in [-0.39, 0.29) is 17.3 Å². The molecule has 2 unspecified atom stereocenters. The summed E-state index contributed by atoms with van der Waals surface area (Å²) in [4.78, 5) is 23.0. The summed E-state index contributed by atoms with van der Waals surface area (Å²) in [6.07, 6.45) is 1.22. The fraction of sp³-hybridized carbons (Fsp3) is 0.409. The highest BCUT2D eigenvalue weighted by Gasteiger charge is 2.73. The SMILES string of the molecule is CC12CCC(C(=O)Nc3ccc(SC(F)F)cc3)(c3nc(C#N)c(C#N)nc31)C2(C)C. The molecule has 1 fully saturated rings. The average molecular weight is 439 g/mol. The number of fused-ring (bicyclic) bond motifs is 5. The molecule has 1 heterocycles. The van der Waals surface area contributed by atoms with Crippen LogP contribution in [0.1, 0.15) is 56.4 Å². The lowest BCUT2D eigenvalue weighted by Crippen LogP contribution is -2.48. The van der Waals surface area contributed by atoms with Gasteiger partial charge in [-0.25, -0.2) is 9.97 Å². The number of hydrogen-bond donors (Lipinski definition) is 1. The number of nitrogens with one attached hydrogen (secondary N) is 1. The van der Waals surface area contributed by atoms with Gasteiger partial charge in [-0.3, -0.25) is 4.79 Å². The molecule has 0 aliphatic heterocycles. The Labute approximate surface area is 182 Å². The summed E-state index contributed by atoms with van der Waals surface area (Å²) in [6.45, 7) is 6.00. The molecule has 0 radical (unpaired) electrons. The average Bonchev–Trinajstić information content (AvgIpc) is 3.03. The summed E-state index contributed by atoms with van der Waals surface area (Å²) in [5.41, 5.74) is -0.675. The number of thioether (sulfide) groups is 1. The van der Waals surface area contributed by atoms with Gasteiger partial charge in [0.15, 0.2) is 11.4 Å². The lowest BCUT2D eigenvalue weighted by molar-refractivity contribution is -0.125. The second-order valence-corrected chi connectivity index (χ2v) is 9.62. The first-order valence-electron chi connectivity index (χ1n) is 9.70. The van der Waals surface area contributed by atoms with E-state index in [0.717, 1.165) is 0 Å². The molecule has 2 atom stereocenters. The maximum absolute atomic E-state index is 13.7. The van der Waals surface area contributed by atoms with Crippen LogP contribution < -0.4 is 5.32 Å². The van der Waals surface area contributed by atoms with Crippen LogP contribution >= 0.6 is 11.8 Å². The van der Waals surface area contributed by atoms with Crippen molar-refractivity contribution in [2.75, 3.05) is 5.32 Å². The lowest BCUT2D eigenvalue weighted by atomic mass is 9.63. The summed E-state index contributed by atoms with van der Waals surface area (Å²) in [6, 6.07) is 10.1. The maximum atomic E-state index is 13.7. The molecule has 1 aromatic carbocycles. The van der Waals surface area contributed by atoms with Crippen LogP contribution in [0.5, 0.6) is 0 Å². The van der Waals surface area contributed by atoms with Crippen molar-refractivity contribution in [2.45, 2.75) is 55.1 Å². The highest BCUT2D eigenvalue weighted by molar-refractivity contribution is 7.99. The van der Waals surface area contributed by atoms with Gasteiger partial charge in [0.05, 0.1) is 16.8 Å². The highest BCUT2D eigenvalue weighted by Crippen LogP contribution is 2.70. The molecule has 31 heavy (non-hydrogen) atoms. The quantitative estimate of drug-likeness (QED) is 0.704. The second kappa shape index (κ2) is 7.00. The number of halogens is 2. The van der Waals surface area contributed by atoms with E-state index in [1.54, 1.807) is 12.1 Å². The Balaban J connectivity index is 1.77. The molecule has 1 saturated carbocycles. The van der Waals surface area contributed by atoms with Crippen molar-refractivity contribution in [2.24, 2.45) is 5.41 Å². The molecule has 4 rings (SSSR count). The number of nitrogens with zero attached hydrogens (tertiary/aromatic N) is 4. The van der Waals surface area contributed by atoms with Crippen LogP contribution in [0.25, 0.3) is 0 Å². The second-order valence-electron chi connectivity index (χ2n) is 8.56. The Hall–Kier alpha value is -3.04. The van der Waals surface area contributed by atoms with Crippen molar-refractivity contribution in [1.82, 2.24) is 9.97 Å². The van der Waals surface area contributed by atoms with Gasteiger partial charge in [0.25, 0.3) is 5.76 Å². The van der Waals surface area contributed by atoms with Crippen LogP contribution in [0.15, 0.2) is 29.2 Å². The fourth-order valence-electron chi connectivity index (χ4n) is 5.10. The van der Waals surface area contributed by atoms with Crippen molar-refractivity contribution in [3.8, 4) is 12.1 Å². The molecule has 158 valence electrons. The first kappa shape index (κ1) is 21.2. The monoisotopic (exact) mass is 439 g/mol. The number of amides is 1. The van der Waals surface area contributed by atoms with Gasteiger partial charge in [-0.05, 0) is 42.5 Å². The van der Waals surface area contributed by atoms with Crippen molar-refractivity contribution in [1.29, 1.82) is 10.5 Å². The van der Waals surface area contributed by atoms with Crippen molar-refractivity contribution < 1.29 is 13.6 Å². The van der Waals surface area contributed by atoms with Gasteiger partial charge in [0, 0.05) is 16.0 Å². The zero-order chi connectivity index (χ0) is 22.6. The van der Waals surface area contributed by atoms with Crippen LogP contribution in [-0.2, 0) is 15.6 Å². The van der Waals surface area contributed by atoms with Crippen LogP contribution in [0.4, 0.5) is 14.5 Å². The van der Waals surface area contributed by atoms with Gasteiger partial charge < -0.3 is 5.32 Å². The number of nitriles is 2. The number of benzene rings is 1. The van der Waals surface area contributed by atoms with E-state index in [1.165, 1.54) is 12.1 Å². The van der Waals surface area contributed by atoms with Gasteiger partial charge in [0.2, 0.25) is 5.91 Å². The molecule has 2 aromatic rings. The Morgan fingerprint density at radius 2 is 1.65 bits per heavy atom. The van der Waals surface area contributed by atoms with Gasteiger partial charge in [-0.2, -0.15) is 19.3 Å². The van der Waals surface area contributed by atoms with Crippen molar-refractivity contribution >= 4 is 23.4 Å². The molecule has 2 aliphatic rings. The van der Waals surface area contributed by atoms with Crippen molar-refractivity contribution in [3.63, 3.8) is 0 Å². The Kier molecular flexibility index (Phi) is 4.79. The molecule has 0 saturated heterocycles. The predicted molar refractivity (Wildman–Crippen MR) is 110 cm³/mol.